The van der Waals surface area contributed by atoms with Gasteiger partial charge in [-0.3, -0.25) is 4.90 Å². The lowest BCUT2D eigenvalue weighted by Crippen LogP contribution is -2.45. The van der Waals surface area contributed by atoms with E-state index in [1.807, 2.05) is 18.2 Å². The predicted octanol–water partition coefficient (Wildman–Crippen LogP) is 1.64. The Hall–Kier alpha value is -0.940. The van der Waals surface area contributed by atoms with Gasteiger partial charge in [0.05, 0.1) is 19.3 Å². The van der Waals surface area contributed by atoms with Gasteiger partial charge in [-0.05, 0) is 24.9 Å². The van der Waals surface area contributed by atoms with Crippen LogP contribution in [0.2, 0.25) is 0 Å². The molecule has 0 radical (unpaired) electrons. The smallest absolute Gasteiger partial charge is 0.0824 e. The molecule has 0 spiro atoms. The second-order valence-corrected chi connectivity index (χ2v) is 5.27. The van der Waals surface area contributed by atoms with Gasteiger partial charge in [-0.15, -0.1) is 0 Å². The Balaban J connectivity index is 1.49. The topological polar surface area (TPSA) is 47.7 Å². The molecule has 4 nitrogen and oxygen atoms in total. The molecule has 0 saturated carbocycles. The molecule has 1 heterocycles. The minimum Gasteiger partial charge on any atom is -0.377 e. The van der Waals surface area contributed by atoms with Crippen LogP contribution in [0, 0.1) is 0 Å². The quantitative estimate of drug-likeness (QED) is 0.735. The van der Waals surface area contributed by atoms with Crippen LogP contribution in [0.25, 0.3) is 0 Å². The van der Waals surface area contributed by atoms with Gasteiger partial charge in [0.1, 0.15) is 0 Å². The largest absolute Gasteiger partial charge is 0.377 e. The molecule has 1 unspecified atom stereocenters. The van der Waals surface area contributed by atoms with E-state index < -0.39 is 0 Å². The highest BCUT2D eigenvalue weighted by molar-refractivity contribution is 5.13. The van der Waals surface area contributed by atoms with Crippen molar-refractivity contribution in [2.45, 2.75) is 25.6 Å². The number of morpholine rings is 1. The summed E-state index contributed by atoms with van der Waals surface area (Å²) in [6.45, 7) is 6.10. The first-order valence-electron chi connectivity index (χ1n) is 7.54. The van der Waals surface area contributed by atoms with Crippen LogP contribution in [-0.2, 0) is 16.1 Å². The van der Waals surface area contributed by atoms with Gasteiger partial charge in [-0.2, -0.15) is 0 Å². The zero-order chi connectivity index (χ0) is 14.0. The van der Waals surface area contributed by atoms with Crippen molar-refractivity contribution in [3.05, 3.63) is 35.9 Å². The van der Waals surface area contributed by atoms with Gasteiger partial charge in [0.25, 0.3) is 0 Å². The van der Waals surface area contributed by atoms with E-state index in [0.717, 1.165) is 39.3 Å². The standard InChI is InChI=1S/C16H26N2O2/c17-12-16-13-18(9-11-20-16)8-4-5-10-19-14-15-6-2-1-3-7-15/h1-3,6-7,16H,4-5,8-14,17H2. The first kappa shape index (κ1) is 15.4. The molecular weight excluding hydrogens is 252 g/mol. The van der Waals surface area contributed by atoms with E-state index in [1.54, 1.807) is 0 Å². The number of nitrogens with zero attached hydrogens (tertiary/aromatic N) is 1. The van der Waals surface area contributed by atoms with E-state index in [2.05, 4.69) is 17.0 Å². The summed E-state index contributed by atoms with van der Waals surface area (Å²) < 4.78 is 11.2. The van der Waals surface area contributed by atoms with Crippen LogP contribution in [0.1, 0.15) is 18.4 Å². The Morgan fingerprint density at radius 2 is 2.10 bits per heavy atom. The summed E-state index contributed by atoms with van der Waals surface area (Å²) in [6, 6.07) is 10.3. The lowest BCUT2D eigenvalue weighted by Gasteiger charge is -2.32. The maximum atomic E-state index is 5.69. The van der Waals surface area contributed by atoms with Crippen molar-refractivity contribution >= 4 is 0 Å². The van der Waals surface area contributed by atoms with E-state index in [0.29, 0.717) is 13.2 Å². The Morgan fingerprint density at radius 1 is 1.25 bits per heavy atom. The van der Waals surface area contributed by atoms with Crippen molar-refractivity contribution in [2.75, 3.05) is 39.4 Å². The number of nitrogens with two attached hydrogens (primary N) is 1. The molecule has 0 aromatic heterocycles. The SMILES string of the molecule is NCC1CN(CCCCOCc2ccccc2)CCO1. The van der Waals surface area contributed by atoms with Crippen molar-refractivity contribution < 1.29 is 9.47 Å². The van der Waals surface area contributed by atoms with E-state index >= 15 is 0 Å². The number of rotatable bonds is 8. The lowest BCUT2D eigenvalue weighted by molar-refractivity contribution is -0.0240. The van der Waals surface area contributed by atoms with E-state index in [4.69, 9.17) is 15.2 Å². The van der Waals surface area contributed by atoms with E-state index in [-0.39, 0.29) is 6.10 Å². The molecule has 1 aromatic rings. The molecule has 2 rings (SSSR count). The van der Waals surface area contributed by atoms with E-state index in [1.165, 1.54) is 12.0 Å². The molecule has 0 amide bonds. The summed E-state index contributed by atoms with van der Waals surface area (Å²) in [4.78, 5) is 2.44. The minimum absolute atomic E-state index is 0.220. The maximum Gasteiger partial charge on any atom is 0.0824 e. The van der Waals surface area contributed by atoms with Gasteiger partial charge in [0.15, 0.2) is 0 Å². The fourth-order valence-corrected chi connectivity index (χ4v) is 2.43. The van der Waals surface area contributed by atoms with Crippen LogP contribution in [0.4, 0.5) is 0 Å². The van der Waals surface area contributed by atoms with Crippen LogP contribution in [0.5, 0.6) is 0 Å². The normalized spacial score (nSPS) is 20.1. The van der Waals surface area contributed by atoms with Gasteiger partial charge in [-0.1, -0.05) is 30.3 Å². The van der Waals surface area contributed by atoms with Crippen molar-refractivity contribution in [1.29, 1.82) is 0 Å². The molecule has 1 saturated heterocycles. The van der Waals surface area contributed by atoms with Gasteiger partial charge < -0.3 is 15.2 Å². The second kappa shape index (κ2) is 9.08. The molecule has 0 aliphatic carbocycles. The third-order valence-electron chi connectivity index (χ3n) is 3.61. The molecule has 2 N–H and O–H groups in total. The van der Waals surface area contributed by atoms with Crippen molar-refractivity contribution in [3.8, 4) is 0 Å². The Kier molecular flexibility index (Phi) is 7.01. The van der Waals surface area contributed by atoms with Gasteiger partial charge >= 0.3 is 0 Å². The average molecular weight is 278 g/mol. The molecule has 1 aromatic carbocycles. The number of benzene rings is 1. The zero-order valence-corrected chi connectivity index (χ0v) is 12.2. The minimum atomic E-state index is 0.220. The Morgan fingerprint density at radius 3 is 2.90 bits per heavy atom. The third kappa shape index (κ3) is 5.59. The van der Waals surface area contributed by atoms with Crippen LogP contribution in [0.3, 0.4) is 0 Å². The van der Waals surface area contributed by atoms with Gasteiger partial charge in [0, 0.05) is 26.2 Å². The number of ether oxygens (including phenoxy) is 2. The summed E-state index contributed by atoms with van der Waals surface area (Å²) >= 11 is 0. The molecule has 4 heteroatoms. The fraction of sp³-hybridized carbons (Fsp3) is 0.625. The zero-order valence-electron chi connectivity index (χ0n) is 12.2. The molecule has 112 valence electrons. The summed E-state index contributed by atoms with van der Waals surface area (Å²) in [5, 5.41) is 0. The third-order valence-corrected chi connectivity index (χ3v) is 3.61. The summed E-state index contributed by atoms with van der Waals surface area (Å²) in [5.74, 6) is 0. The highest BCUT2D eigenvalue weighted by Gasteiger charge is 2.18. The molecule has 0 bridgehead atoms. The van der Waals surface area contributed by atoms with Crippen LogP contribution >= 0.6 is 0 Å². The second-order valence-electron chi connectivity index (χ2n) is 5.27. The highest BCUT2D eigenvalue weighted by atomic mass is 16.5. The highest BCUT2D eigenvalue weighted by Crippen LogP contribution is 2.06. The molecular formula is C16H26N2O2. The molecule has 1 aliphatic rings. The van der Waals surface area contributed by atoms with Crippen molar-refractivity contribution in [1.82, 2.24) is 4.90 Å². The lowest BCUT2D eigenvalue weighted by atomic mass is 10.2. The number of hydrogen-bond donors (Lipinski definition) is 1. The summed E-state index contributed by atoms with van der Waals surface area (Å²) in [7, 11) is 0. The van der Waals surface area contributed by atoms with Crippen LogP contribution in [0.15, 0.2) is 30.3 Å². The summed E-state index contributed by atoms with van der Waals surface area (Å²) in [5.41, 5.74) is 6.89. The number of unbranched alkanes of at least 4 members (excludes halogenated alkanes) is 1. The first-order chi connectivity index (χ1) is 9.88. The molecule has 20 heavy (non-hydrogen) atoms. The predicted molar refractivity (Wildman–Crippen MR) is 80.6 cm³/mol. The van der Waals surface area contributed by atoms with Crippen LogP contribution < -0.4 is 5.73 Å². The molecule has 1 atom stereocenters. The maximum absolute atomic E-state index is 5.69. The Labute approximate surface area is 121 Å². The van der Waals surface area contributed by atoms with Gasteiger partial charge in [-0.25, -0.2) is 0 Å². The monoisotopic (exact) mass is 278 g/mol. The number of hydrogen-bond acceptors (Lipinski definition) is 4. The van der Waals surface area contributed by atoms with Crippen molar-refractivity contribution in [3.63, 3.8) is 0 Å². The average Bonchev–Trinajstić information content (AvgIpc) is 2.52. The Bertz CT molecular complexity index is 359. The van der Waals surface area contributed by atoms with Crippen LogP contribution in [-0.4, -0.2) is 50.4 Å². The molecule has 1 aliphatic heterocycles. The fourth-order valence-electron chi connectivity index (χ4n) is 2.43. The molecule has 1 fully saturated rings. The first-order valence-corrected chi connectivity index (χ1v) is 7.54. The van der Waals surface area contributed by atoms with E-state index in [9.17, 15) is 0 Å². The van der Waals surface area contributed by atoms with Gasteiger partial charge in [0.2, 0.25) is 0 Å². The van der Waals surface area contributed by atoms with Crippen molar-refractivity contribution in [2.24, 2.45) is 5.73 Å². The summed E-state index contributed by atoms with van der Waals surface area (Å²) in [6.07, 6.45) is 2.50.